The van der Waals surface area contributed by atoms with Crippen LogP contribution in [0.25, 0.3) is 0 Å². The molecule has 0 atom stereocenters. The van der Waals surface area contributed by atoms with Crippen molar-refractivity contribution >= 4 is 24.2 Å². The van der Waals surface area contributed by atoms with Crippen LogP contribution in [-0.2, 0) is 6.61 Å². The number of aldehydes is 2. The molecule has 0 aromatic heterocycles. The molecule has 150 valence electrons. The minimum Gasteiger partial charge on any atom is -0.489 e. The number of ether oxygens (including phenoxy) is 2. The molecular formula is C22H15NO7. The van der Waals surface area contributed by atoms with Crippen molar-refractivity contribution in [3.05, 3.63) is 99.1 Å². The Labute approximate surface area is 170 Å². The van der Waals surface area contributed by atoms with E-state index in [2.05, 4.69) is 0 Å². The molecule has 3 aromatic rings. The molecule has 0 aliphatic rings. The van der Waals surface area contributed by atoms with Gasteiger partial charge in [0.1, 0.15) is 30.7 Å². The van der Waals surface area contributed by atoms with Crippen LogP contribution in [0.4, 0.5) is 5.69 Å². The van der Waals surface area contributed by atoms with Gasteiger partial charge in [-0.3, -0.25) is 19.7 Å². The average Bonchev–Trinajstić information content (AvgIpc) is 2.78. The van der Waals surface area contributed by atoms with E-state index >= 15 is 0 Å². The third kappa shape index (κ3) is 4.93. The quantitative estimate of drug-likeness (QED) is 0.183. The second-order valence-corrected chi connectivity index (χ2v) is 6.15. The molecule has 0 heterocycles. The molecule has 0 aliphatic heterocycles. The minimum absolute atomic E-state index is 0.000231. The van der Waals surface area contributed by atoms with Gasteiger partial charge in [0.25, 0.3) is 5.69 Å². The zero-order valence-electron chi connectivity index (χ0n) is 15.5. The van der Waals surface area contributed by atoms with Crippen molar-refractivity contribution in [3.8, 4) is 11.5 Å². The Hall–Kier alpha value is -4.33. The van der Waals surface area contributed by atoms with E-state index in [1.54, 1.807) is 24.3 Å². The lowest BCUT2D eigenvalue weighted by Gasteiger charge is -2.09. The summed E-state index contributed by atoms with van der Waals surface area (Å²) in [5, 5.41) is 11.4. The Morgan fingerprint density at radius 3 is 1.97 bits per heavy atom. The molecule has 0 fully saturated rings. The largest absolute Gasteiger partial charge is 0.489 e. The van der Waals surface area contributed by atoms with E-state index in [9.17, 15) is 24.5 Å². The second-order valence-electron chi connectivity index (χ2n) is 6.15. The molecule has 0 radical (unpaired) electrons. The predicted molar refractivity (Wildman–Crippen MR) is 106 cm³/mol. The van der Waals surface area contributed by atoms with Gasteiger partial charge in [-0.2, -0.15) is 0 Å². The fourth-order valence-corrected chi connectivity index (χ4v) is 2.57. The van der Waals surface area contributed by atoms with Crippen molar-refractivity contribution in [2.24, 2.45) is 0 Å². The summed E-state index contributed by atoms with van der Waals surface area (Å²) < 4.78 is 10.7. The Kier molecular flexibility index (Phi) is 6.29. The topological polar surface area (TPSA) is 113 Å². The molecule has 0 amide bonds. The van der Waals surface area contributed by atoms with Gasteiger partial charge >= 0.3 is 5.97 Å². The molecule has 0 spiro atoms. The van der Waals surface area contributed by atoms with Crippen molar-refractivity contribution in [2.45, 2.75) is 6.61 Å². The summed E-state index contributed by atoms with van der Waals surface area (Å²) in [4.78, 5) is 44.5. The van der Waals surface area contributed by atoms with Crippen molar-refractivity contribution in [1.29, 1.82) is 0 Å². The molecule has 0 unspecified atom stereocenters. The molecule has 0 bridgehead atoms. The SMILES string of the molecule is O=Cc1ccc(OCc2ccc(C(=O)Oc3ccc(C=O)cc3)cc2[N+](=O)[O-])cc1. The molecule has 30 heavy (non-hydrogen) atoms. The van der Waals surface area contributed by atoms with E-state index in [0.29, 0.717) is 29.4 Å². The van der Waals surface area contributed by atoms with Crippen molar-refractivity contribution in [3.63, 3.8) is 0 Å². The number of carbonyl (C=O) groups excluding carboxylic acids is 3. The maximum absolute atomic E-state index is 12.3. The summed E-state index contributed by atoms with van der Waals surface area (Å²) in [6.45, 7) is -0.0980. The normalized spacial score (nSPS) is 10.1. The fraction of sp³-hybridized carbons (Fsp3) is 0.0455. The highest BCUT2D eigenvalue weighted by Gasteiger charge is 2.19. The molecule has 3 aromatic carbocycles. The number of nitro groups is 1. The monoisotopic (exact) mass is 405 g/mol. The lowest BCUT2D eigenvalue weighted by Crippen LogP contribution is -2.10. The van der Waals surface area contributed by atoms with Gasteiger partial charge in [-0.25, -0.2) is 4.79 Å². The van der Waals surface area contributed by atoms with Gasteiger partial charge in [0.05, 0.1) is 16.1 Å². The van der Waals surface area contributed by atoms with Crippen LogP contribution >= 0.6 is 0 Å². The van der Waals surface area contributed by atoms with Crippen molar-refractivity contribution < 1.29 is 28.8 Å². The second kappa shape index (κ2) is 9.24. The molecule has 0 N–H and O–H groups in total. The summed E-state index contributed by atoms with van der Waals surface area (Å²) in [5.74, 6) is -0.120. The van der Waals surface area contributed by atoms with Crippen LogP contribution in [0.15, 0.2) is 66.7 Å². The van der Waals surface area contributed by atoms with Gasteiger partial charge < -0.3 is 9.47 Å². The number of hydrogen-bond acceptors (Lipinski definition) is 7. The molecule has 0 saturated carbocycles. The third-order valence-electron chi connectivity index (χ3n) is 4.15. The zero-order valence-corrected chi connectivity index (χ0v) is 15.5. The third-order valence-corrected chi connectivity index (χ3v) is 4.15. The van der Waals surface area contributed by atoms with E-state index in [1.165, 1.54) is 36.4 Å². The van der Waals surface area contributed by atoms with Crippen LogP contribution in [-0.4, -0.2) is 23.5 Å². The van der Waals surface area contributed by atoms with Crippen LogP contribution in [0.2, 0.25) is 0 Å². The van der Waals surface area contributed by atoms with Crippen LogP contribution in [0, 0.1) is 10.1 Å². The molecule has 8 nitrogen and oxygen atoms in total. The Morgan fingerprint density at radius 2 is 1.43 bits per heavy atom. The standard InChI is InChI=1S/C22H15NO7/c24-12-15-1-7-19(8-2-15)29-14-18-6-5-17(11-21(18)23(27)28)22(26)30-20-9-3-16(13-25)4-10-20/h1-13H,14H2. The van der Waals surface area contributed by atoms with Crippen molar-refractivity contribution in [1.82, 2.24) is 0 Å². The highest BCUT2D eigenvalue weighted by molar-refractivity contribution is 5.92. The average molecular weight is 405 g/mol. The smallest absolute Gasteiger partial charge is 0.343 e. The number of rotatable bonds is 8. The number of nitro benzene ring substituents is 1. The number of hydrogen-bond donors (Lipinski definition) is 0. The lowest BCUT2D eigenvalue weighted by atomic mass is 10.1. The van der Waals surface area contributed by atoms with Crippen LogP contribution < -0.4 is 9.47 Å². The highest BCUT2D eigenvalue weighted by Crippen LogP contribution is 2.24. The first-order chi connectivity index (χ1) is 14.5. The molecule has 0 aliphatic carbocycles. The molecule has 3 rings (SSSR count). The number of carbonyl (C=O) groups is 3. The van der Waals surface area contributed by atoms with Crippen LogP contribution in [0.3, 0.4) is 0 Å². The predicted octanol–water partition coefficient (Wildman–Crippen LogP) is 4.02. The molecule has 8 heteroatoms. The summed E-state index contributed by atoms with van der Waals surface area (Å²) >= 11 is 0. The maximum atomic E-state index is 12.3. The summed E-state index contributed by atoms with van der Waals surface area (Å²) in [7, 11) is 0. The van der Waals surface area contributed by atoms with E-state index in [4.69, 9.17) is 9.47 Å². The Morgan fingerprint density at radius 1 is 0.867 bits per heavy atom. The summed E-state index contributed by atoms with van der Waals surface area (Å²) in [5.41, 5.74) is 0.893. The van der Waals surface area contributed by atoms with Gasteiger partial charge in [-0.1, -0.05) is 0 Å². The maximum Gasteiger partial charge on any atom is 0.343 e. The van der Waals surface area contributed by atoms with E-state index in [1.807, 2.05) is 0 Å². The first-order valence-electron chi connectivity index (χ1n) is 8.73. The van der Waals surface area contributed by atoms with E-state index in [0.717, 1.165) is 6.07 Å². The first-order valence-corrected chi connectivity index (χ1v) is 8.73. The highest BCUT2D eigenvalue weighted by atomic mass is 16.6. The summed E-state index contributed by atoms with van der Waals surface area (Å²) in [6, 6.07) is 16.1. The van der Waals surface area contributed by atoms with Gasteiger partial charge in [0.15, 0.2) is 0 Å². The van der Waals surface area contributed by atoms with Crippen LogP contribution in [0.5, 0.6) is 11.5 Å². The number of benzene rings is 3. The Bertz CT molecular complexity index is 1090. The van der Waals surface area contributed by atoms with E-state index < -0.39 is 10.9 Å². The van der Waals surface area contributed by atoms with E-state index in [-0.39, 0.29) is 29.2 Å². The van der Waals surface area contributed by atoms with Crippen molar-refractivity contribution in [2.75, 3.05) is 0 Å². The van der Waals surface area contributed by atoms with Gasteiger partial charge in [0, 0.05) is 17.2 Å². The zero-order chi connectivity index (χ0) is 21.5. The number of esters is 1. The summed E-state index contributed by atoms with van der Waals surface area (Å²) in [6.07, 6.45) is 1.36. The Balaban J connectivity index is 1.74. The molecule has 0 saturated heterocycles. The first kappa shape index (κ1) is 20.4. The minimum atomic E-state index is -0.770. The van der Waals surface area contributed by atoms with Gasteiger partial charge in [0.2, 0.25) is 0 Å². The number of nitrogens with zero attached hydrogens (tertiary/aromatic N) is 1. The molecular weight excluding hydrogens is 390 g/mol. The van der Waals surface area contributed by atoms with Gasteiger partial charge in [-0.15, -0.1) is 0 Å². The van der Waals surface area contributed by atoms with Gasteiger partial charge in [-0.05, 0) is 60.7 Å². The van der Waals surface area contributed by atoms with Crippen LogP contribution in [0.1, 0.15) is 36.6 Å². The fourth-order valence-electron chi connectivity index (χ4n) is 2.57. The lowest BCUT2D eigenvalue weighted by molar-refractivity contribution is -0.385.